The van der Waals surface area contributed by atoms with Crippen molar-refractivity contribution >= 4 is 5.91 Å². The zero-order valence-corrected chi connectivity index (χ0v) is 12.0. The minimum absolute atomic E-state index is 0.0641. The molecule has 0 saturated carbocycles. The van der Waals surface area contributed by atoms with Crippen LogP contribution in [-0.4, -0.2) is 25.1 Å². The lowest BCUT2D eigenvalue weighted by atomic mass is 10.00. The summed E-state index contributed by atoms with van der Waals surface area (Å²) in [5.74, 6) is 0.895. The molecule has 0 atom stereocenters. The number of hydrogen-bond donors (Lipinski definition) is 2. The molecule has 0 saturated heterocycles. The molecule has 1 aromatic carbocycles. The fourth-order valence-electron chi connectivity index (χ4n) is 1.91. The highest BCUT2D eigenvalue weighted by molar-refractivity contribution is 5.76. The second kappa shape index (κ2) is 7.14. The van der Waals surface area contributed by atoms with Gasteiger partial charge in [-0.05, 0) is 50.9 Å². The minimum Gasteiger partial charge on any atom is -0.497 e. The average Bonchev–Trinajstić information content (AvgIpc) is 2.36. The average molecular weight is 264 g/mol. The van der Waals surface area contributed by atoms with Crippen molar-refractivity contribution in [3.8, 4) is 5.75 Å². The smallest absolute Gasteiger partial charge is 0.220 e. The third-order valence-electron chi connectivity index (χ3n) is 3.05. The van der Waals surface area contributed by atoms with Crippen molar-refractivity contribution in [1.82, 2.24) is 5.32 Å². The van der Waals surface area contributed by atoms with Crippen LogP contribution in [0.15, 0.2) is 24.3 Å². The van der Waals surface area contributed by atoms with Crippen LogP contribution in [-0.2, 0) is 11.2 Å². The summed E-state index contributed by atoms with van der Waals surface area (Å²) in [6.07, 6.45) is 2.00. The summed E-state index contributed by atoms with van der Waals surface area (Å²) in [5.41, 5.74) is 6.42. The molecule has 19 heavy (non-hydrogen) atoms. The van der Waals surface area contributed by atoms with E-state index < -0.39 is 0 Å². The number of ether oxygens (including phenoxy) is 1. The third-order valence-corrected chi connectivity index (χ3v) is 3.05. The van der Waals surface area contributed by atoms with Crippen molar-refractivity contribution in [1.29, 1.82) is 0 Å². The number of benzene rings is 1. The first-order chi connectivity index (χ1) is 8.96. The Morgan fingerprint density at radius 2 is 1.95 bits per heavy atom. The summed E-state index contributed by atoms with van der Waals surface area (Å²) in [6.45, 7) is 4.56. The van der Waals surface area contributed by atoms with Crippen molar-refractivity contribution < 1.29 is 9.53 Å². The molecular weight excluding hydrogens is 240 g/mol. The molecule has 3 N–H and O–H groups in total. The quantitative estimate of drug-likeness (QED) is 0.790. The lowest BCUT2D eigenvalue weighted by Crippen LogP contribution is -2.44. The topological polar surface area (TPSA) is 64.3 Å². The van der Waals surface area contributed by atoms with Gasteiger partial charge in [-0.15, -0.1) is 0 Å². The first-order valence-corrected chi connectivity index (χ1v) is 6.61. The van der Waals surface area contributed by atoms with Crippen LogP contribution in [0.2, 0.25) is 0 Å². The van der Waals surface area contributed by atoms with E-state index in [1.807, 2.05) is 38.1 Å². The standard InChI is InChI=1S/C15H24N2O2/c1-15(2,10-11-16)17-14(18)9-6-12-4-7-13(19-3)8-5-12/h4-5,7-8H,6,9-11,16H2,1-3H3,(H,17,18). The molecule has 4 heteroatoms. The number of hydrogen-bond acceptors (Lipinski definition) is 3. The van der Waals surface area contributed by atoms with Gasteiger partial charge in [0.2, 0.25) is 5.91 Å². The summed E-state index contributed by atoms with van der Waals surface area (Å²) in [7, 11) is 1.64. The van der Waals surface area contributed by atoms with E-state index in [2.05, 4.69) is 5.32 Å². The number of methoxy groups -OCH3 is 1. The minimum atomic E-state index is -0.230. The second-order valence-electron chi connectivity index (χ2n) is 5.32. The predicted molar refractivity (Wildman–Crippen MR) is 77.2 cm³/mol. The van der Waals surface area contributed by atoms with Crippen LogP contribution < -0.4 is 15.8 Å². The van der Waals surface area contributed by atoms with Crippen molar-refractivity contribution in [3.63, 3.8) is 0 Å². The maximum Gasteiger partial charge on any atom is 0.220 e. The Bertz CT molecular complexity index is 399. The highest BCUT2D eigenvalue weighted by Gasteiger charge is 2.18. The Morgan fingerprint density at radius 1 is 1.32 bits per heavy atom. The van der Waals surface area contributed by atoms with Gasteiger partial charge in [0.15, 0.2) is 0 Å². The number of rotatable bonds is 7. The molecule has 4 nitrogen and oxygen atoms in total. The van der Waals surface area contributed by atoms with Crippen LogP contribution in [0, 0.1) is 0 Å². The van der Waals surface area contributed by atoms with E-state index in [0.717, 1.165) is 24.2 Å². The van der Waals surface area contributed by atoms with Gasteiger partial charge in [-0.1, -0.05) is 12.1 Å². The number of aryl methyl sites for hydroxylation is 1. The zero-order valence-electron chi connectivity index (χ0n) is 12.0. The fraction of sp³-hybridized carbons (Fsp3) is 0.533. The van der Waals surface area contributed by atoms with Gasteiger partial charge < -0.3 is 15.8 Å². The van der Waals surface area contributed by atoms with Gasteiger partial charge in [0, 0.05) is 12.0 Å². The van der Waals surface area contributed by atoms with Crippen molar-refractivity contribution in [2.24, 2.45) is 5.73 Å². The van der Waals surface area contributed by atoms with Crippen LogP contribution in [0.5, 0.6) is 5.75 Å². The first kappa shape index (κ1) is 15.5. The Morgan fingerprint density at radius 3 is 2.47 bits per heavy atom. The summed E-state index contributed by atoms with van der Waals surface area (Å²) in [6, 6.07) is 7.78. The van der Waals surface area contributed by atoms with Crippen molar-refractivity contribution in [2.75, 3.05) is 13.7 Å². The van der Waals surface area contributed by atoms with Crippen LogP contribution in [0.1, 0.15) is 32.3 Å². The van der Waals surface area contributed by atoms with Crippen LogP contribution in [0.4, 0.5) is 0 Å². The first-order valence-electron chi connectivity index (χ1n) is 6.61. The molecule has 0 bridgehead atoms. The number of carbonyl (C=O) groups excluding carboxylic acids is 1. The summed E-state index contributed by atoms with van der Waals surface area (Å²) >= 11 is 0. The fourth-order valence-corrected chi connectivity index (χ4v) is 1.91. The Kier molecular flexibility index (Phi) is 5.83. The summed E-state index contributed by atoms with van der Waals surface area (Å²) in [5, 5.41) is 3.01. The van der Waals surface area contributed by atoms with E-state index in [9.17, 15) is 4.79 Å². The van der Waals surface area contributed by atoms with Crippen LogP contribution >= 0.6 is 0 Å². The van der Waals surface area contributed by atoms with Gasteiger partial charge in [0.1, 0.15) is 5.75 Å². The molecule has 106 valence electrons. The van der Waals surface area contributed by atoms with E-state index >= 15 is 0 Å². The predicted octanol–water partition coefficient (Wildman–Crippen LogP) is 1.87. The molecule has 0 aliphatic heterocycles. The van der Waals surface area contributed by atoms with Crippen molar-refractivity contribution in [3.05, 3.63) is 29.8 Å². The van der Waals surface area contributed by atoms with Gasteiger partial charge in [0.05, 0.1) is 7.11 Å². The SMILES string of the molecule is COc1ccc(CCC(=O)NC(C)(C)CCN)cc1. The van der Waals surface area contributed by atoms with Gasteiger partial charge in [-0.3, -0.25) is 4.79 Å². The highest BCUT2D eigenvalue weighted by atomic mass is 16.5. The van der Waals surface area contributed by atoms with Gasteiger partial charge in [-0.25, -0.2) is 0 Å². The van der Waals surface area contributed by atoms with Crippen LogP contribution in [0.25, 0.3) is 0 Å². The van der Waals surface area contributed by atoms with Crippen LogP contribution in [0.3, 0.4) is 0 Å². The van der Waals surface area contributed by atoms with E-state index in [0.29, 0.717) is 13.0 Å². The molecule has 0 unspecified atom stereocenters. The molecular formula is C15H24N2O2. The molecule has 0 fully saturated rings. The number of nitrogens with one attached hydrogen (secondary N) is 1. The van der Waals surface area contributed by atoms with Gasteiger partial charge in [-0.2, -0.15) is 0 Å². The normalized spacial score (nSPS) is 11.2. The molecule has 0 aromatic heterocycles. The summed E-state index contributed by atoms with van der Waals surface area (Å²) in [4.78, 5) is 11.9. The molecule has 0 spiro atoms. The Hall–Kier alpha value is -1.55. The summed E-state index contributed by atoms with van der Waals surface area (Å²) < 4.78 is 5.10. The molecule has 1 rings (SSSR count). The van der Waals surface area contributed by atoms with E-state index in [4.69, 9.17) is 10.5 Å². The lowest BCUT2D eigenvalue weighted by Gasteiger charge is -2.25. The third kappa shape index (κ3) is 5.75. The van der Waals surface area contributed by atoms with E-state index in [-0.39, 0.29) is 11.4 Å². The second-order valence-corrected chi connectivity index (χ2v) is 5.32. The molecule has 1 aromatic rings. The highest BCUT2D eigenvalue weighted by Crippen LogP contribution is 2.13. The Labute approximate surface area is 115 Å². The van der Waals surface area contributed by atoms with E-state index in [1.165, 1.54) is 0 Å². The lowest BCUT2D eigenvalue weighted by molar-refractivity contribution is -0.122. The number of amides is 1. The largest absolute Gasteiger partial charge is 0.497 e. The number of carbonyl (C=O) groups is 1. The molecule has 0 heterocycles. The zero-order chi connectivity index (χ0) is 14.3. The van der Waals surface area contributed by atoms with Gasteiger partial charge in [0.25, 0.3) is 0 Å². The maximum absolute atomic E-state index is 11.9. The molecule has 1 amide bonds. The molecule has 0 aliphatic rings. The van der Waals surface area contributed by atoms with Gasteiger partial charge >= 0.3 is 0 Å². The van der Waals surface area contributed by atoms with E-state index in [1.54, 1.807) is 7.11 Å². The Balaban J connectivity index is 2.41. The monoisotopic (exact) mass is 264 g/mol. The molecule has 0 aliphatic carbocycles. The molecule has 0 radical (unpaired) electrons. The number of nitrogens with two attached hydrogens (primary N) is 1. The van der Waals surface area contributed by atoms with Crippen molar-refractivity contribution in [2.45, 2.75) is 38.6 Å². The maximum atomic E-state index is 11.9.